The number of hydrogen-bond acceptors (Lipinski definition) is 11. The second-order valence-electron chi connectivity index (χ2n) is 10.2. The van der Waals surface area contributed by atoms with Crippen LogP contribution in [-0.4, -0.2) is 68.3 Å². The van der Waals surface area contributed by atoms with Crippen LogP contribution in [0, 0.1) is 5.41 Å². The van der Waals surface area contributed by atoms with Crippen LogP contribution >= 0.6 is 11.6 Å². The second-order valence-corrected chi connectivity index (χ2v) is 10.5. The van der Waals surface area contributed by atoms with Gasteiger partial charge in [-0.15, -0.1) is 0 Å². The smallest absolute Gasteiger partial charge is 0.346 e. The summed E-state index contributed by atoms with van der Waals surface area (Å²) in [5, 5.41) is -0.0847. The Morgan fingerprint density at radius 2 is 1.88 bits per heavy atom. The van der Waals surface area contributed by atoms with E-state index in [2.05, 4.69) is 15.0 Å². The molecule has 1 aliphatic heterocycles. The number of carbonyl (C=O) groups is 3. The van der Waals surface area contributed by atoms with E-state index in [0.717, 1.165) is 5.56 Å². The highest BCUT2D eigenvalue weighted by molar-refractivity contribution is 6.28. The van der Waals surface area contributed by atoms with Gasteiger partial charge in [-0.3, -0.25) is 14.2 Å². The molecule has 3 aromatic rings. The number of halogens is 1. The lowest BCUT2D eigenvalue weighted by Crippen LogP contribution is -2.53. The molecule has 1 aromatic carbocycles. The van der Waals surface area contributed by atoms with E-state index in [0.29, 0.717) is 17.6 Å². The molecule has 1 aliphatic rings. The Morgan fingerprint density at radius 3 is 2.49 bits per heavy atom. The summed E-state index contributed by atoms with van der Waals surface area (Å²) in [6, 6.07) is 9.07. The number of benzene rings is 1. The van der Waals surface area contributed by atoms with Gasteiger partial charge in [-0.1, -0.05) is 44.2 Å². The van der Waals surface area contributed by atoms with Crippen molar-refractivity contribution >= 4 is 46.3 Å². The molecule has 0 amide bonds. The van der Waals surface area contributed by atoms with Crippen LogP contribution in [0.5, 0.6) is 0 Å². The largest absolute Gasteiger partial charge is 0.463 e. The molecule has 0 saturated carbocycles. The van der Waals surface area contributed by atoms with Gasteiger partial charge in [0.15, 0.2) is 29.6 Å². The van der Waals surface area contributed by atoms with Crippen molar-refractivity contribution in [1.82, 2.24) is 19.5 Å². The van der Waals surface area contributed by atoms with Gasteiger partial charge in [0.05, 0.1) is 25.6 Å². The van der Waals surface area contributed by atoms with Gasteiger partial charge in [0, 0.05) is 18.8 Å². The Morgan fingerprint density at radius 1 is 1.17 bits per heavy atom. The fourth-order valence-corrected chi connectivity index (χ4v) is 5.31. The van der Waals surface area contributed by atoms with Crippen molar-refractivity contribution in [2.24, 2.45) is 5.41 Å². The van der Waals surface area contributed by atoms with E-state index in [1.165, 1.54) is 20.2 Å². The van der Waals surface area contributed by atoms with Gasteiger partial charge in [-0.05, 0) is 37.4 Å². The molecule has 2 N–H and O–H groups in total. The van der Waals surface area contributed by atoms with Crippen molar-refractivity contribution in [3.8, 4) is 0 Å². The number of ketones is 1. The van der Waals surface area contributed by atoms with Crippen LogP contribution in [0.4, 0.5) is 5.82 Å². The quantitative estimate of drug-likeness (QED) is 0.199. The number of esters is 2. The van der Waals surface area contributed by atoms with E-state index in [-0.39, 0.29) is 30.7 Å². The maximum absolute atomic E-state index is 13.3. The third kappa shape index (κ3) is 5.77. The normalized spacial score (nSPS) is 23.7. The molecule has 1 saturated heterocycles. The fraction of sp³-hybridized carbons (Fsp3) is 0.500. The minimum Gasteiger partial charge on any atom is -0.463 e. The number of aromatic nitrogens is 4. The molecule has 0 radical (unpaired) electrons. The molecule has 220 valence electrons. The molecule has 1 fully saturated rings. The van der Waals surface area contributed by atoms with Gasteiger partial charge in [-0.2, -0.15) is 9.97 Å². The number of ether oxygens (including phenoxy) is 4. The van der Waals surface area contributed by atoms with E-state index in [1.807, 2.05) is 32.0 Å². The molecule has 2 aromatic heterocycles. The van der Waals surface area contributed by atoms with Gasteiger partial charge >= 0.3 is 11.9 Å². The van der Waals surface area contributed by atoms with Crippen molar-refractivity contribution in [2.75, 3.05) is 18.9 Å². The number of fused-ring (bicyclic) bond motifs is 1. The van der Waals surface area contributed by atoms with Crippen molar-refractivity contribution in [1.29, 1.82) is 0 Å². The van der Waals surface area contributed by atoms with Crippen LogP contribution in [0.2, 0.25) is 5.28 Å². The average molecular weight is 588 g/mol. The Hall–Kier alpha value is -3.61. The summed E-state index contributed by atoms with van der Waals surface area (Å²) in [5.74, 6) is -1.73. The number of hydrogen-bond donors (Lipinski definition) is 1. The van der Waals surface area contributed by atoms with Crippen molar-refractivity contribution in [2.45, 2.75) is 71.5 Å². The highest BCUT2D eigenvalue weighted by Gasteiger charge is 2.57. The maximum Gasteiger partial charge on any atom is 0.346 e. The summed E-state index contributed by atoms with van der Waals surface area (Å²) in [7, 11) is 0. The zero-order valence-electron chi connectivity index (χ0n) is 23.6. The van der Waals surface area contributed by atoms with E-state index >= 15 is 0 Å². The predicted molar refractivity (Wildman–Crippen MR) is 149 cm³/mol. The zero-order chi connectivity index (χ0) is 29.9. The van der Waals surface area contributed by atoms with Crippen LogP contribution in [0.3, 0.4) is 0 Å². The Balaban J connectivity index is 1.73. The lowest BCUT2D eigenvalue weighted by atomic mass is 9.77. The summed E-state index contributed by atoms with van der Waals surface area (Å²) in [6.07, 6.45) is -0.552. The maximum atomic E-state index is 13.3. The minimum atomic E-state index is -1.92. The van der Waals surface area contributed by atoms with Gasteiger partial charge in [0.1, 0.15) is 5.52 Å². The van der Waals surface area contributed by atoms with Crippen LogP contribution in [0.1, 0.15) is 52.8 Å². The predicted octanol–water partition coefficient (Wildman–Crippen LogP) is 3.46. The molecule has 0 aliphatic carbocycles. The average Bonchev–Trinajstić information content (AvgIpc) is 3.46. The second kappa shape index (κ2) is 12.1. The standard InChI is InChI=1S/C28H34ClN5O7/c1-6-27(5)19(14-39-28(16(3)35,25(37)38-7-2)13-18-11-9-8-10-12-18)41-24(21(27)40-17(4)36)34-15-31-20-22(30)32-26(29)33-23(20)34/h8-12,15,19,21,24H,6-7,13-14H2,1-5H3,(H2,30,32,33)/t19-,21+,24-,27+,28?/m1/s1. The molecule has 13 heteroatoms. The van der Waals surface area contributed by atoms with Crippen LogP contribution in [0.25, 0.3) is 11.2 Å². The Labute approximate surface area is 242 Å². The minimum absolute atomic E-state index is 0.0325. The van der Waals surface area contributed by atoms with Crippen LogP contribution < -0.4 is 5.73 Å². The number of nitrogens with two attached hydrogens (primary N) is 1. The molecule has 0 spiro atoms. The molecule has 5 atom stereocenters. The fourth-order valence-electron chi connectivity index (χ4n) is 5.14. The molecule has 4 rings (SSSR count). The Kier molecular flexibility index (Phi) is 8.95. The van der Waals surface area contributed by atoms with Gasteiger partial charge in [-0.25, -0.2) is 9.78 Å². The molecule has 12 nitrogen and oxygen atoms in total. The summed E-state index contributed by atoms with van der Waals surface area (Å²) < 4.78 is 25.5. The highest BCUT2D eigenvalue weighted by Crippen LogP contribution is 2.49. The van der Waals surface area contributed by atoms with Crippen molar-refractivity contribution < 1.29 is 33.3 Å². The number of carbonyl (C=O) groups excluding carboxylic acids is 3. The lowest BCUT2D eigenvalue weighted by Gasteiger charge is -2.36. The first-order chi connectivity index (χ1) is 19.5. The van der Waals surface area contributed by atoms with E-state index < -0.39 is 47.2 Å². The lowest BCUT2D eigenvalue weighted by molar-refractivity contribution is -0.183. The summed E-state index contributed by atoms with van der Waals surface area (Å²) in [4.78, 5) is 51.2. The molecular formula is C28H34ClN5O7. The number of rotatable bonds is 11. The number of Topliss-reactive ketones (excluding diaryl/α,β-unsaturated/α-hetero) is 1. The first-order valence-corrected chi connectivity index (χ1v) is 13.7. The van der Waals surface area contributed by atoms with Crippen molar-refractivity contribution in [3.05, 3.63) is 47.5 Å². The first-order valence-electron chi connectivity index (χ1n) is 13.3. The van der Waals surface area contributed by atoms with Crippen LogP contribution in [0.15, 0.2) is 36.7 Å². The number of nitrogen functional groups attached to an aromatic ring is 1. The zero-order valence-corrected chi connectivity index (χ0v) is 24.4. The molecule has 3 heterocycles. The van der Waals surface area contributed by atoms with E-state index in [9.17, 15) is 14.4 Å². The molecule has 0 bridgehead atoms. The number of imidazole rings is 1. The molecular weight excluding hydrogens is 554 g/mol. The topological polar surface area (TPSA) is 158 Å². The number of nitrogens with zero attached hydrogens (tertiary/aromatic N) is 4. The Bertz CT molecular complexity index is 1430. The summed E-state index contributed by atoms with van der Waals surface area (Å²) in [6.45, 7) is 7.95. The number of anilines is 1. The van der Waals surface area contributed by atoms with Crippen LogP contribution in [-0.2, 0) is 39.8 Å². The highest BCUT2D eigenvalue weighted by atomic mass is 35.5. The van der Waals surface area contributed by atoms with E-state index in [1.54, 1.807) is 23.6 Å². The SMILES string of the molecule is CCOC(=O)C(Cc1ccccc1)(OC[C@H]1O[C@@H](n2cnc3c(N)nc(Cl)nc32)[C@H](OC(C)=O)[C@@]1(C)CC)C(C)=O. The first kappa shape index (κ1) is 30.4. The monoisotopic (exact) mass is 587 g/mol. The molecule has 1 unspecified atom stereocenters. The van der Waals surface area contributed by atoms with Crippen molar-refractivity contribution in [3.63, 3.8) is 0 Å². The van der Waals surface area contributed by atoms with Gasteiger partial charge < -0.3 is 24.7 Å². The molecule has 41 heavy (non-hydrogen) atoms. The van der Waals surface area contributed by atoms with Gasteiger partial charge in [0.2, 0.25) is 10.9 Å². The summed E-state index contributed by atoms with van der Waals surface area (Å²) >= 11 is 6.08. The van der Waals surface area contributed by atoms with Gasteiger partial charge in [0.25, 0.3) is 0 Å². The van der Waals surface area contributed by atoms with E-state index in [4.69, 9.17) is 36.3 Å². The summed E-state index contributed by atoms with van der Waals surface area (Å²) in [5.41, 5.74) is 4.58. The third-order valence-corrected chi connectivity index (χ3v) is 7.82. The third-order valence-electron chi connectivity index (χ3n) is 7.65.